The van der Waals surface area contributed by atoms with E-state index in [-0.39, 0.29) is 0 Å². The Morgan fingerprint density at radius 3 is 1.95 bits per heavy atom. The summed E-state index contributed by atoms with van der Waals surface area (Å²) in [5, 5.41) is 17.9. The molecule has 0 fully saturated rings. The van der Waals surface area contributed by atoms with Gasteiger partial charge in [0.15, 0.2) is 17.5 Å². The second kappa shape index (κ2) is 13.5. The fourth-order valence-corrected chi connectivity index (χ4v) is 7.43. The van der Waals surface area contributed by atoms with E-state index in [1.807, 2.05) is 127 Å². The highest BCUT2D eigenvalue weighted by Crippen LogP contribution is 2.36. The number of hydrogen-bond acceptors (Lipinski definition) is 8. The molecule has 0 spiro atoms. The number of furan rings is 1. The first-order valence-electron chi connectivity index (χ1n) is 18.3. The standard InChI is InChI=1S/C48H31N7O/c49-28-29-22-32(33-25-35(27-36(50)26-33)48-54-45(30-12-3-1-4-13-30)53-46(55-48)31-14-5-2-6-15-31)24-34(23-29)47-51-41-20-9-7-17-39(41)43(52-47)40-19-11-18-38-37-16-8-10-21-42(37)56-44(38)40/h1-27,47,52H,50H2. The molecule has 2 aromatic heterocycles. The van der Waals surface area contributed by atoms with Crippen LogP contribution in [0.1, 0.15) is 22.9 Å². The molecule has 10 rings (SSSR count). The monoisotopic (exact) mass is 721 g/mol. The predicted molar refractivity (Wildman–Crippen MR) is 220 cm³/mol. The van der Waals surface area contributed by atoms with Crippen molar-refractivity contribution >= 4 is 33.3 Å². The number of hydrogen-bond donors (Lipinski definition) is 2. The number of anilines is 1. The van der Waals surface area contributed by atoms with Crippen LogP contribution in [0.2, 0.25) is 0 Å². The zero-order valence-corrected chi connectivity index (χ0v) is 29.9. The lowest BCUT2D eigenvalue weighted by atomic mass is 9.96. The predicted octanol–water partition coefficient (Wildman–Crippen LogP) is 8.97. The van der Waals surface area contributed by atoms with Crippen molar-refractivity contribution in [3.05, 3.63) is 191 Å². The van der Waals surface area contributed by atoms with Gasteiger partial charge in [-0.25, -0.2) is 15.0 Å². The van der Waals surface area contributed by atoms with E-state index in [4.69, 9.17) is 30.1 Å². The normalized spacial score (nSPS) is 13.5. The van der Waals surface area contributed by atoms with Crippen molar-refractivity contribution < 1.29 is 4.42 Å². The van der Waals surface area contributed by atoms with Gasteiger partial charge in [-0.15, -0.1) is 0 Å². The van der Waals surface area contributed by atoms with Crippen LogP contribution in [0.4, 0.5) is 5.69 Å². The van der Waals surface area contributed by atoms with Crippen molar-refractivity contribution in [3.63, 3.8) is 0 Å². The fourth-order valence-electron chi connectivity index (χ4n) is 7.43. The first kappa shape index (κ1) is 32.7. The number of nitrogen functional groups attached to an aromatic ring is 1. The molecule has 7 aromatic carbocycles. The molecule has 0 saturated heterocycles. The average Bonchev–Trinajstić information content (AvgIpc) is 3.65. The lowest BCUT2D eigenvalue weighted by Gasteiger charge is -2.24. The molecule has 264 valence electrons. The molecule has 1 aliphatic heterocycles. The van der Waals surface area contributed by atoms with Crippen molar-refractivity contribution in [1.82, 2.24) is 20.3 Å². The van der Waals surface area contributed by atoms with E-state index >= 15 is 0 Å². The molecule has 56 heavy (non-hydrogen) atoms. The van der Waals surface area contributed by atoms with E-state index in [2.05, 4.69) is 47.8 Å². The van der Waals surface area contributed by atoms with E-state index in [0.29, 0.717) is 28.7 Å². The summed E-state index contributed by atoms with van der Waals surface area (Å²) in [7, 11) is 0. The largest absolute Gasteiger partial charge is 0.455 e. The van der Waals surface area contributed by atoms with Gasteiger partial charge >= 0.3 is 0 Å². The highest BCUT2D eigenvalue weighted by molar-refractivity contribution is 6.08. The Labute approximate surface area is 321 Å². The zero-order valence-electron chi connectivity index (χ0n) is 29.9. The highest BCUT2D eigenvalue weighted by atomic mass is 16.3. The second-order valence-corrected chi connectivity index (χ2v) is 13.7. The molecule has 0 bridgehead atoms. The molecule has 8 nitrogen and oxygen atoms in total. The molecule has 3 heterocycles. The first-order chi connectivity index (χ1) is 27.6. The van der Waals surface area contributed by atoms with Gasteiger partial charge in [0, 0.05) is 43.9 Å². The van der Waals surface area contributed by atoms with Crippen LogP contribution in [0.15, 0.2) is 173 Å². The summed E-state index contributed by atoms with van der Waals surface area (Å²) < 4.78 is 6.47. The summed E-state index contributed by atoms with van der Waals surface area (Å²) in [6.45, 7) is 0. The smallest absolute Gasteiger partial charge is 0.164 e. The van der Waals surface area contributed by atoms with Crippen molar-refractivity contribution in [2.45, 2.75) is 6.17 Å². The minimum atomic E-state index is -0.502. The SMILES string of the molecule is N#Cc1cc(-c2cc(N)cc(-c3nc(-c4ccccc4)nc(-c4ccccc4)n3)c2)cc(C2N=c3ccccc3=C(c3cccc4c3oc3ccccc34)N2)c1. The quantitative estimate of drug-likeness (QED) is 0.164. The molecular weight excluding hydrogens is 691 g/mol. The number of fused-ring (bicyclic) bond motifs is 4. The molecule has 1 aliphatic rings. The topological polar surface area (TPSA) is 126 Å². The van der Waals surface area contributed by atoms with Gasteiger partial charge in [-0.3, -0.25) is 4.99 Å². The summed E-state index contributed by atoms with van der Waals surface area (Å²) in [6, 6.07) is 56.1. The molecular formula is C48H31N7O. The average molecular weight is 722 g/mol. The van der Waals surface area contributed by atoms with Crippen LogP contribution in [-0.2, 0) is 0 Å². The Morgan fingerprint density at radius 2 is 1.20 bits per heavy atom. The highest BCUT2D eigenvalue weighted by Gasteiger charge is 2.22. The van der Waals surface area contributed by atoms with Crippen LogP contribution in [0, 0.1) is 11.3 Å². The number of nitriles is 1. The van der Waals surface area contributed by atoms with Gasteiger partial charge in [0.05, 0.1) is 22.7 Å². The number of benzene rings is 7. The molecule has 0 amide bonds. The Hall–Kier alpha value is -7.89. The van der Waals surface area contributed by atoms with Gasteiger partial charge in [0.2, 0.25) is 0 Å². The second-order valence-electron chi connectivity index (χ2n) is 13.7. The number of aromatic nitrogens is 3. The summed E-state index contributed by atoms with van der Waals surface area (Å²) >= 11 is 0. The minimum absolute atomic E-state index is 0.488. The lowest BCUT2D eigenvalue weighted by Crippen LogP contribution is -2.39. The van der Waals surface area contributed by atoms with Gasteiger partial charge in [0.1, 0.15) is 17.3 Å². The maximum Gasteiger partial charge on any atom is 0.164 e. The summed E-state index contributed by atoms with van der Waals surface area (Å²) in [4.78, 5) is 19.9. The van der Waals surface area contributed by atoms with Gasteiger partial charge in [-0.1, -0.05) is 109 Å². The van der Waals surface area contributed by atoms with Crippen molar-refractivity contribution in [2.75, 3.05) is 5.73 Å². The number of para-hydroxylation sites is 3. The van der Waals surface area contributed by atoms with Gasteiger partial charge in [-0.05, 0) is 71.3 Å². The van der Waals surface area contributed by atoms with E-state index < -0.39 is 6.17 Å². The fraction of sp³-hybridized carbons (Fsp3) is 0.0208. The van der Waals surface area contributed by atoms with Crippen molar-refractivity contribution in [3.8, 4) is 51.4 Å². The molecule has 0 aliphatic carbocycles. The number of nitrogens with two attached hydrogens (primary N) is 1. The zero-order chi connectivity index (χ0) is 37.6. The number of nitrogens with zero attached hydrogens (tertiary/aromatic N) is 5. The molecule has 9 aromatic rings. The van der Waals surface area contributed by atoms with Gasteiger partial charge in [0.25, 0.3) is 0 Å². The van der Waals surface area contributed by atoms with Gasteiger partial charge < -0.3 is 15.5 Å². The first-order valence-corrected chi connectivity index (χ1v) is 18.3. The summed E-state index contributed by atoms with van der Waals surface area (Å²) in [6.07, 6.45) is -0.502. The maximum atomic E-state index is 10.3. The molecule has 0 radical (unpaired) electrons. The van der Waals surface area contributed by atoms with E-state index in [0.717, 1.165) is 77.2 Å². The lowest BCUT2D eigenvalue weighted by molar-refractivity contribution is 0.630. The van der Waals surface area contributed by atoms with E-state index in [1.54, 1.807) is 0 Å². The van der Waals surface area contributed by atoms with Crippen LogP contribution in [-0.4, -0.2) is 15.0 Å². The third kappa shape index (κ3) is 5.90. The summed E-state index contributed by atoms with van der Waals surface area (Å²) in [5.41, 5.74) is 16.0. The van der Waals surface area contributed by atoms with Crippen LogP contribution < -0.4 is 21.6 Å². The summed E-state index contributed by atoms with van der Waals surface area (Å²) in [5.74, 6) is 1.60. The Bertz CT molecular complexity index is 3090. The third-order valence-corrected chi connectivity index (χ3v) is 10.0. The minimum Gasteiger partial charge on any atom is -0.455 e. The van der Waals surface area contributed by atoms with E-state index in [1.165, 1.54) is 0 Å². The molecule has 0 saturated carbocycles. The third-order valence-electron chi connectivity index (χ3n) is 10.0. The molecule has 3 N–H and O–H groups in total. The Morgan fingerprint density at radius 1 is 0.571 bits per heavy atom. The van der Waals surface area contributed by atoms with E-state index in [9.17, 15) is 5.26 Å². The van der Waals surface area contributed by atoms with Crippen LogP contribution in [0.5, 0.6) is 0 Å². The van der Waals surface area contributed by atoms with Crippen molar-refractivity contribution in [2.24, 2.45) is 4.99 Å². The molecule has 8 heteroatoms. The Kier molecular flexibility index (Phi) is 7.90. The van der Waals surface area contributed by atoms with Crippen LogP contribution in [0.25, 0.3) is 72.9 Å². The molecule has 1 unspecified atom stereocenters. The van der Waals surface area contributed by atoms with Crippen LogP contribution in [0.3, 0.4) is 0 Å². The Balaban J connectivity index is 1.08. The molecule has 1 atom stereocenters. The van der Waals surface area contributed by atoms with Crippen LogP contribution >= 0.6 is 0 Å². The van der Waals surface area contributed by atoms with Gasteiger partial charge in [-0.2, -0.15) is 5.26 Å². The number of nitrogens with one attached hydrogen (secondary N) is 1. The number of rotatable bonds is 6. The maximum absolute atomic E-state index is 10.3. The van der Waals surface area contributed by atoms with Crippen molar-refractivity contribution in [1.29, 1.82) is 5.26 Å².